The fourth-order valence-electron chi connectivity index (χ4n) is 4.43. The zero-order chi connectivity index (χ0) is 24.5. The smallest absolute Gasteiger partial charge is 0.0637 e. The molecule has 2 atom stereocenters. The third kappa shape index (κ3) is 7.87. The van der Waals surface area contributed by atoms with Gasteiger partial charge in [-0.1, -0.05) is 0 Å². The molecule has 0 fully saturated rings. The second kappa shape index (κ2) is 15.1. The first-order valence-corrected chi connectivity index (χ1v) is 12.8. The van der Waals surface area contributed by atoms with Crippen LogP contribution in [0.25, 0.3) is 0 Å². The molecule has 0 spiro atoms. The van der Waals surface area contributed by atoms with E-state index in [1.807, 2.05) is 11.8 Å². The molecule has 1 heterocycles. The van der Waals surface area contributed by atoms with Gasteiger partial charge in [0, 0.05) is 70.9 Å². The number of allylic oxidation sites excluding steroid dienone is 1. The number of ether oxygens (including phenoxy) is 4. The van der Waals surface area contributed by atoms with Gasteiger partial charge in [-0.25, -0.2) is 0 Å². The monoisotopic (exact) mass is 570 g/mol. The van der Waals surface area contributed by atoms with Crippen molar-refractivity contribution in [2.45, 2.75) is 30.0 Å². The topological polar surface area (TPSA) is 55.4 Å². The van der Waals surface area contributed by atoms with Gasteiger partial charge in [-0.3, -0.25) is 0 Å². The largest absolute Gasteiger partial charge is 1.00 e. The molecule has 2 aliphatic rings. The first-order valence-electron chi connectivity index (χ1n) is 12.0. The lowest BCUT2D eigenvalue weighted by atomic mass is 9.96. The van der Waals surface area contributed by atoms with Crippen LogP contribution in [0.4, 0.5) is 11.4 Å². The lowest BCUT2D eigenvalue weighted by Gasteiger charge is -2.39. The minimum absolute atomic E-state index is 0. The Morgan fingerprint density at radius 2 is 1.37 bits per heavy atom. The Hall–Kier alpha value is -1.23. The summed E-state index contributed by atoms with van der Waals surface area (Å²) >= 11 is 1.95. The predicted molar refractivity (Wildman–Crippen MR) is 141 cm³/mol. The summed E-state index contributed by atoms with van der Waals surface area (Å²) in [5.41, 5.74) is 6.33. The van der Waals surface area contributed by atoms with E-state index in [9.17, 15) is 0 Å². The van der Waals surface area contributed by atoms with E-state index in [0.29, 0.717) is 31.7 Å². The average Bonchev–Trinajstić information content (AvgIpc) is 2.83. The van der Waals surface area contributed by atoms with Crippen molar-refractivity contribution in [1.82, 2.24) is 4.90 Å². The Balaban J connectivity index is 0.00000432. The molecule has 0 bridgehead atoms. The van der Waals surface area contributed by atoms with Gasteiger partial charge in [0.05, 0.1) is 43.4 Å². The van der Waals surface area contributed by atoms with Gasteiger partial charge in [0.25, 0.3) is 0 Å². The number of anilines is 2. The third-order valence-electron chi connectivity index (χ3n) is 6.37. The molecule has 0 aromatic heterocycles. The molecule has 1 N–H and O–H groups in total. The standard InChI is InChI=1S/C26H41N3O4S.BrH/c1-19-15-21(28(7-11-30-3)8-12-31-4)17-23-25(19)27-26-20(2)16-22(18-24(26)34-23)29(9-13-32-5)10-14-33-6;/h15-18,23,25,27H,7-14H2,1-6H3;1H/p-1. The van der Waals surface area contributed by atoms with Gasteiger partial charge in [-0.2, -0.15) is 0 Å². The second-order valence-electron chi connectivity index (χ2n) is 8.77. The van der Waals surface area contributed by atoms with Crippen LogP contribution in [-0.2, 0) is 18.9 Å². The van der Waals surface area contributed by atoms with Crippen LogP contribution in [-0.4, -0.2) is 97.2 Å². The summed E-state index contributed by atoms with van der Waals surface area (Å²) in [5, 5.41) is 4.17. The summed E-state index contributed by atoms with van der Waals surface area (Å²) in [6, 6.07) is 4.88. The molecular formula is C26H41BrN3O4S-. The van der Waals surface area contributed by atoms with Crippen molar-refractivity contribution in [2.75, 3.05) is 91.3 Å². The minimum Gasteiger partial charge on any atom is -1.00 e. The highest BCUT2D eigenvalue weighted by atomic mass is 79.9. The molecule has 198 valence electrons. The Kier molecular flexibility index (Phi) is 13.0. The molecule has 3 rings (SSSR count). The summed E-state index contributed by atoms with van der Waals surface area (Å²) < 4.78 is 21.4. The van der Waals surface area contributed by atoms with Gasteiger partial charge in [0.15, 0.2) is 0 Å². The van der Waals surface area contributed by atoms with Crippen LogP contribution in [0.2, 0.25) is 0 Å². The number of hydrogen-bond acceptors (Lipinski definition) is 8. The maximum Gasteiger partial charge on any atom is 0.0637 e. The number of methoxy groups -OCH3 is 4. The molecule has 9 heteroatoms. The van der Waals surface area contributed by atoms with E-state index in [0.717, 1.165) is 26.2 Å². The normalized spacial score (nSPS) is 18.5. The minimum atomic E-state index is 0. The van der Waals surface area contributed by atoms with E-state index in [-0.39, 0.29) is 23.0 Å². The van der Waals surface area contributed by atoms with Crippen LogP contribution < -0.4 is 27.2 Å². The van der Waals surface area contributed by atoms with Gasteiger partial charge in [0.2, 0.25) is 0 Å². The highest BCUT2D eigenvalue weighted by Gasteiger charge is 2.33. The quantitative estimate of drug-likeness (QED) is 0.352. The van der Waals surface area contributed by atoms with E-state index >= 15 is 0 Å². The number of nitrogens with zero attached hydrogens (tertiary/aromatic N) is 2. The van der Waals surface area contributed by atoms with E-state index in [1.54, 1.807) is 28.4 Å². The van der Waals surface area contributed by atoms with Crippen LogP contribution in [0.1, 0.15) is 12.5 Å². The molecule has 1 aliphatic carbocycles. The summed E-state index contributed by atoms with van der Waals surface area (Å²) in [4.78, 5) is 6.00. The Morgan fingerprint density at radius 3 is 1.91 bits per heavy atom. The molecule has 0 radical (unpaired) electrons. The second-order valence-corrected chi connectivity index (χ2v) is 9.99. The molecular weight excluding hydrogens is 530 g/mol. The average molecular weight is 572 g/mol. The molecule has 1 aromatic carbocycles. The van der Waals surface area contributed by atoms with Gasteiger partial charge in [-0.05, 0) is 49.3 Å². The fraction of sp³-hybridized carbons (Fsp3) is 0.615. The molecule has 2 unspecified atom stereocenters. The Labute approximate surface area is 225 Å². The number of benzene rings is 1. The van der Waals surface area contributed by atoms with E-state index in [4.69, 9.17) is 18.9 Å². The van der Waals surface area contributed by atoms with Crippen LogP contribution in [0.15, 0.2) is 40.5 Å². The van der Waals surface area contributed by atoms with Crippen LogP contribution in [0.5, 0.6) is 0 Å². The highest BCUT2D eigenvalue weighted by Crippen LogP contribution is 2.45. The first-order chi connectivity index (χ1) is 16.5. The molecule has 0 saturated carbocycles. The summed E-state index contributed by atoms with van der Waals surface area (Å²) in [7, 11) is 7.00. The number of thioether (sulfide) groups is 1. The van der Waals surface area contributed by atoms with Crippen molar-refractivity contribution >= 4 is 23.1 Å². The molecule has 0 amide bonds. The number of hydrogen-bond donors (Lipinski definition) is 1. The van der Waals surface area contributed by atoms with E-state index in [2.05, 4.69) is 53.2 Å². The fourth-order valence-corrected chi connectivity index (χ4v) is 5.88. The lowest BCUT2D eigenvalue weighted by molar-refractivity contribution is -0.00000850. The van der Waals surface area contributed by atoms with Crippen molar-refractivity contribution in [3.8, 4) is 0 Å². The lowest BCUT2D eigenvalue weighted by Crippen LogP contribution is -3.00. The van der Waals surface area contributed by atoms with Crippen LogP contribution in [0, 0.1) is 6.92 Å². The van der Waals surface area contributed by atoms with Crippen molar-refractivity contribution in [1.29, 1.82) is 0 Å². The van der Waals surface area contributed by atoms with E-state index in [1.165, 1.54) is 33.1 Å². The summed E-state index contributed by atoms with van der Waals surface area (Å²) in [5.74, 6) is 0. The Bertz CT molecular complexity index is 851. The molecule has 0 saturated heterocycles. The highest BCUT2D eigenvalue weighted by molar-refractivity contribution is 8.00. The van der Waals surface area contributed by atoms with Crippen LogP contribution >= 0.6 is 11.8 Å². The Morgan fingerprint density at radius 1 is 0.829 bits per heavy atom. The zero-order valence-electron chi connectivity index (χ0n) is 21.9. The predicted octanol–water partition coefficient (Wildman–Crippen LogP) is 0.792. The van der Waals surface area contributed by atoms with Crippen molar-refractivity contribution in [3.05, 3.63) is 41.1 Å². The van der Waals surface area contributed by atoms with Crippen LogP contribution in [0.3, 0.4) is 0 Å². The van der Waals surface area contributed by atoms with Crippen molar-refractivity contribution in [3.63, 3.8) is 0 Å². The maximum atomic E-state index is 5.36. The number of halogens is 1. The van der Waals surface area contributed by atoms with Gasteiger partial charge in [0.1, 0.15) is 0 Å². The number of aryl methyl sites for hydroxylation is 1. The number of nitrogens with one attached hydrogen (secondary N) is 1. The zero-order valence-corrected chi connectivity index (χ0v) is 24.3. The van der Waals surface area contributed by atoms with Crippen molar-refractivity contribution < 1.29 is 35.9 Å². The summed E-state index contributed by atoms with van der Waals surface area (Å²) in [6.45, 7) is 10.5. The first kappa shape index (κ1) is 30.0. The van der Waals surface area contributed by atoms with Gasteiger partial charge in [-0.15, -0.1) is 11.8 Å². The van der Waals surface area contributed by atoms with E-state index < -0.39 is 0 Å². The molecule has 1 aromatic rings. The van der Waals surface area contributed by atoms with Crippen molar-refractivity contribution in [2.24, 2.45) is 0 Å². The molecule has 1 aliphatic heterocycles. The van der Waals surface area contributed by atoms with Gasteiger partial charge < -0.3 is 51.0 Å². The third-order valence-corrected chi connectivity index (χ3v) is 7.62. The van der Waals surface area contributed by atoms with Gasteiger partial charge >= 0.3 is 0 Å². The maximum absolute atomic E-state index is 5.36. The number of rotatable bonds is 14. The summed E-state index contributed by atoms with van der Waals surface area (Å²) in [6.07, 6.45) is 4.71. The SMILES string of the molecule is COCCN(CCOC)C1=CC2Sc3cc(N(CCOC)CCOC)cc(C)c3NC2C(C)=C1.[Br-]. The number of fused-ring (bicyclic) bond motifs is 2. The molecule has 35 heavy (non-hydrogen) atoms. The molecule has 7 nitrogen and oxygen atoms in total.